The number of nitrogens with two attached hydrogens (primary N) is 2. The fourth-order valence-corrected chi connectivity index (χ4v) is 2.71. The Balaban J connectivity index is 5.65. The fraction of sp³-hybridized carbons (Fsp3) is 0.632. The monoisotopic (exact) mass is 489 g/mol. The quantitative estimate of drug-likeness (QED) is 0.109. The van der Waals surface area contributed by atoms with Crippen LogP contribution in [0.2, 0.25) is 0 Å². The topological polar surface area (TPSA) is 268 Å². The van der Waals surface area contributed by atoms with Gasteiger partial charge in [-0.15, -0.1) is 0 Å². The van der Waals surface area contributed by atoms with Crippen LogP contribution in [0.3, 0.4) is 0 Å². The summed E-state index contributed by atoms with van der Waals surface area (Å²) in [4.78, 5) is 81.8. The van der Waals surface area contributed by atoms with Gasteiger partial charge in [-0.3, -0.25) is 28.8 Å². The van der Waals surface area contributed by atoms with Crippen molar-refractivity contribution in [2.24, 2.45) is 17.4 Å². The number of carboxylic acids is 3. The third kappa shape index (κ3) is 11.2. The van der Waals surface area contributed by atoms with Crippen molar-refractivity contribution < 1.29 is 48.9 Å². The second kappa shape index (κ2) is 14.4. The summed E-state index contributed by atoms with van der Waals surface area (Å²) in [7, 11) is 0. The summed E-state index contributed by atoms with van der Waals surface area (Å²) in [5, 5.41) is 33.5. The van der Waals surface area contributed by atoms with Crippen molar-refractivity contribution in [3.8, 4) is 0 Å². The molecule has 0 aromatic carbocycles. The van der Waals surface area contributed by atoms with Gasteiger partial charge in [0.05, 0.1) is 18.9 Å². The van der Waals surface area contributed by atoms with Gasteiger partial charge >= 0.3 is 17.9 Å². The Morgan fingerprint density at radius 3 is 1.79 bits per heavy atom. The number of rotatable bonds is 16. The lowest BCUT2D eigenvalue weighted by Gasteiger charge is -2.27. The van der Waals surface area contributed by atoms with E-state index in [-0.39, 0.29) is 0 Å². The van der Waals surface area contributed by atoms with Crippen LogP contribution in [0.5, 0.6) is 0 Å². The Kier molecular flexibility index (Phi) is 12.8. The maximum absolute atomic E-state index is 12.8. The number of hydrogen-bond donors (Lipinski definition) is 8. The molecule has 0 fully saturated rings. The molecular formula is C19H31N5O10. The van der Waals surface area contributed by atoms with Gasteiger partial charge in [0.2, 0.25) is 23.6 Å². The molecule has 5 unspecified atom stereocenters. The highest BCUT2D eigenvalue weighted by Crippen LogP contribution is 2.10. The molecule has 0 spiro atoms. The van der Waals surface area contributed by atoms with Crippen molar-refractivity contribution in [3.63, 3.8) is 0 Å². The largest absolute Gasteiger partial charge is 0.481 e. The molecule has 5 atom stereocenters. The summed E-state index contributed by atoms with van der Waals surface area (Å²) >= 11 is 0. The second-order valence-electron chi connectivity index (χ2n) is 7.64. The minimum absolute atomic E-state index is 0.349. The van der Waals surface area contributed by atoms with E-state index in [1.54, 1.807) is 13.8 Å². The van der Waals surface area contributed by atoms with Gasteiger partial charge in [0.15, 0.2) is 0 Å². The maximum atomic E-state index is 12.8. The zero-order valence-corrected chi connectivity index (χ0v) is 18.8. The van der Waals surface area contributed by atoms with Gasteiger partial charge in [-0.1, -0.05) is 20.3 Å². The fourth-order valence-electron chi connectivity index (χ4n) is 2.71. The lowest BCUT2D eigenvalue weighted by Crippen LogP contribution is -2.59. The second-order valence-corrected chi connectivity index (χ2v) is 7.64. The van der Waals surface area contributed by atoms with Gasteiger partial charge < -0.3 is 42.7 Å². The van der Waals surface area contributed by atoms with Crippen molar-refractivity contribution >= 4 is 41.5 Å². The van der Waals surface area contributed by atoms with Crippen molar-refractivity contribution in [1.29, 1.82) is 0 Å². The predicted molar refractivity (Wildman–Crippen MR) is 114 cm³/mol. The van der Waals surface area contributed by atoms with E-state index in [1.807, 2.05) is 0 Å². The summed E-state index contributed by atoms with van der Waals surface area (Å²) in [5.74, 6) is -8.64. The van der Waals surface area contributed by atoms with Crippen LogP contribution >= 0.6 is 0 Å². The first-order chi connectivity index (χ1) is 15.7. The Labute approximate surface area is 194 Å². The zero-order chi connectivity index (χ0) is 26.6. The third-order valence-electron chi connectivity index (χ3n) is 4.82. The third-order valence-corrected chi connectivity index (χ3v) is 4.82. The van der Waals surface area contributed by atoms with Gasteiger partial charge in [-0.25, -0.2) is 4.79 Å². The molecule has 15 nitrogen and oxygen atoms in total. The Hall–Kier alpha value is -3.75. The van der Waals surface area contributed by atoms with Gasteiger partial charge in [0, 0.05) is 6.42 Å². The van der Waals surface area contributed by atoms with Crippen LogP contribution in [0.25, 0.3) is 0 Å². The molecule has 0 aliphatic carbocycles. The average Bonchev–Trinajstić information content (AvgIpc) is 2.72. The highest BCUT2D eigenvalue weighted by molar-refractivity contribution is 5.95. The van der Waals surface area contributed by atoms with Crippen molar-refractivity contribution in [3.05, 3.63) is 0 Å². The summed E-state index contributed by atoms with van der Waals surface area (Å²) in [6.45, 7) is 3.26. The van der Waals surface area contributed by atoms with Crippen LogP contribution in [0, 0.1) is 5.92 Å². The van der Waals surface area contributed by atoms with Crippen LogP contribution in [0.15, 0.2) is 0 Å². The number of nitrogens with one attached hydrogen (secondary N) is 3. The SMILES string of the molecule is CCC(C)C(NC(=O)C(CCC(=O)O)NC(=O)C(N)CC(=O)O)C(=O)NC(CC(N)=O)C(=O)O. The molecule has 0 aliphatic rings. The number of hydrogen-bond acceptors (Lipinski definition) is 8. The first kappa shape index (κ1) is 30.2. The molecule has 0 bridgehead atoms. The van der Waals surface area contributed by atoms with E-state index in [2.05, 4.69) is 16.0 Å². The Bertz CT molecular complexity index is 802. The lowest BCUT2D eigenvalue weighted by molar-refractivity contribution is -0.144. The van der Waals surface area contributed by atoms with E-state index in [0.29, 0.717) is 6.42 Å². The molecule has 0 saturated carbocycles. The van der Waals surface area contributed by atoms with Gasteiger partial charge in [-0.2, -0.15) is 0 Å². The number of amides is 4. The average molecular weight is 489 g/mol. The normalized spacial score (nSPS) is 15.0. The molecule has 10 N–H and O–H groups in total. The van der Waals surface area contributed by atoms with Crippen LogP contribution in [-0.2, 0) is 33.6 Å². The minimum Gasteiger partial charge on any atom is -0.481 e. The molecule has 0 heterocycles. The van der Waals surface area contributed by atoms with Crippen LogP contribution in [-0.4, -0.2) is 81.0 Å². The number of carbonyl (C=O) groups is 7. The zero-order valence-electron chi connectivity index (χ0n) is 18.8. The molecule has 34 heavy (non-hydrogen) atoms. The van der Waals surface area contributed by atoms with Gasteiger partial charge in [0.1, 0.15) is 18.1 Å². The van der Waals surface area contributed by atoms with E-state index < -0.39 is 97.3 Å². The van der Waals surface area contributed by atoms with Gasteiger partial charge in [-0.05, 0) is 12.3 Å². The molecule has 0 aromatic rings. The maximum Gasteiger partial charge on any atom is 0.326 e. The minimum atomic E-state index is -1.65. The molecule has 4 amide bonds. The van der Waals surface area contributed by atoms with E-state index in [1.165, 1.54) is 0 Å². The molecule has 15 heteroatoms. The smallest absolute Gasteiger partial charge is 0.326 e. The summed E-state index contributed by atoms with van der Waals surface area (Å²) in [5.41, 5.74) is 10.5. The molecule has 0 aliphatic heterocycles. The van der Waals surface area contributed by atoms with Crippen molar-refractivity contribution in [1.82, 2.24) is 16.0 Å². The standard InChI is InChI=1S/C19H31N5O10/c1-3-8(2)15(18(32)23-11(19(33)34)7-12(21)25)24-17(31)10(4-5-13(26)27)22-16(30)9(20)6-14(28)29/h8-11,15H,3-7,20H2,1-2H3,(H2,21,25)(H,22,30)(H,23,32)(H,24,31)(H,26,27)(H,28,29)(H,33,34). The number of carbonyl (C=O) groups excluding carboxylic acids is 4. The van der Waals surface area contributed by atoms with Crippen LogP contribution < -0.4 is 27.4 Å². The highest BCUT2D eigenvalue weighted by Gasteiger charge is 2.33. The number of carboxylic acid groups (broad SMARTS) is 3. The first-order valence-corrected chi connectivity index (χ1v) is 10.3. The molecular weight excluding hydrogens is 458 g/mol. The van der Waals surface area contributed by atoms with E-state index in [4.69, 9.17) is 21.7 Å². The number of primary amides is 1. The summed E-state index contributed by atoms with van der Waals surface area (Å²) in [6.07, 6.45) is -2.04. The Morgan fingerprint density at radius 1 is 0.794 bits per heavy atom. The van der Waals surface area contributed by atoms with Crippen molar-refractivity contribution in [2.75, 3.05) is 0 Å². The van der Waals surface area contributed by atoms with E-state index in [0.717, 1.165) is 0 Å². The predicted octanol–water partition coefficient (Wildman–Crippen LogP) is -2.89. The first-order valence-electron chi connectivity index (χ1n) is 10.3. The Morgan fingerprint density at radius 2 is 1.35 bits per heavy atom. The summed E-state index contributed by atoms with van der Waals surface area (Å²) < 4.78 is 0. The molecule has 0 radical (unpaired) electrons. The summed E-state index contributed by atoms with van der Waals surface area (Å²) in [6, 6.07) is -5.96. The van der Waals surface area contributed by atoms with Crippen LogP contribution in [0.1, 0.15) is 46.0 Å². The highest BCUT2D eigenvalue weighted by atomic mass is 16.4. The van der Waals surface area contributed by atoms with Crippen molar-refractivity contribution in [2.45, 2.75) is 70.1 Å². The molecule has 192 valence electrons. The molecule has 0 saturated heterocycles. The molecule has 0 aromatic heterocycles. The van der Waals surface area contributed by atoms with E-state index >= 15 is 0 Å². The van der Waals surface area contributed by atoms with Gasteiger partial charge in [0.25, 0.3) is 0 Å². The lowest BCUT2D eigenvalue weighted by atomic mass is 9.97. The van der Waals surface area contributed by atoms with Crippen LogP contribution in [0.4, 0.5) is 0 Å². The van der Waals surface area contributed by atoms with E-state index in [9.17, 15) is 38.7 Å². The number of aliphatic carboxylic acids is 3. The molecule has 0 rings (SSSR count).